The molecule has 0 unspecified atom stereocenters. The predicted molar refractivity (Wildman–Crippen MR) is 87.6 cm³/mol. The Morgan fingerprint density at radius 3 is 2.83 bits per heavy atom. The molecule has 92 valence electrons. The molecule has 1 aromatic carbocycles. The van der Waals surface area contributed by atoms with Crippen LogP contribution in [0.15, 0.2) is 36.5 Å². The summed E-state index contributed by atoms with van der Waals surface area (Å²) < 4.78 is 1.10. The van der Waals surface area contributed by atoms with Crippen LogP contribution in [0, 0.1) is 3.57 Å². The molecule has 0 saturated carbocycles. The van der Waals surface area contributed by atoms with Crippen LogP contribution in [-0.4, -0.2) is 9.97 Å². The predicted octanol–water partition coefficient (Wildman–Crippen LogP) is 3.72. The van der Waals surface area contributed by atoms with Crippen molar-refractivity contribution in [1.82, 2.24) is 4.98 Å². The summed E-state index contributed by atoms with van der Waals surface area (Å²) in [7, 11) is 0. The van der Waals surface area contributed by atoms with Crippen molar-refractivity contribution in [3.05, 3.63) is 50.8 Å². The molecule has 2 rings (SSSR count). The number of hydrogen-bond acceptors (Lipinski definition) is 3. The Bertz CT molecular complexity index is 604. The summed E-state index contributed by atoms with van der Waals surface area (Å²) in [6, 6.07) is 9.38. The van der Waals surface area contributed by atoms with Crippen LogP contribution in [0.25, 0.3) is 0 Å². The van der Waals surface area contributed by atoms with Crippen LogP contribution in [0.1, 0.15) is 5.69 Å². The van der Waals surface area contributed by atoms with Crippen molar-refractivity contribution < 1.29 is 0 Å². The number of pyridine rings is 1. The molecule has 6 heteroatoms. The van der Waals surface area contributed by atoms with Gasteiger partial charge in [0.2, 0.25) is 0 Å². The Balaban J connectivity index is 2.31. The summed E-state index contributed by atoms with van der Waals surface area (Å²) >= 11 is 13.2. The molecule has 18 heavy (non-hydrogen) atoms. The van der Waals surface area contributed by atoms with Gasteiger partial charge in [-0.3, -0.25) is 4.98 Å². The van der Waals surface area contributed by atoms with Crippen molar-refractivity contribution in [3.8, 4) is 0 Å². The van der Waals surface area contributed by atoms with Crippen molar-refractivity contribution in [2.75, 3.05) is 5.32 Å². The van der Waals surface area contributed by atoms with Crippen LogP contribution in [0.2, 0.25) is 5.02 Å². The number of nitrogens with two attached hydrogens (primary N) is 1. The van der Waals surface area contributed by atoms with Gasteiger partial charge in [0.1, 0.15) is 4.99 Å². The van der Waals surface area contributed by atoms with E-state index in [-0.39, 0.29) is 4.99 Å². The number of benzene rings is 1. The highest BCUT2D eigenvalue weighted by Gasteiger charge is 2.04. The van der Waals surface area contributed by atoms with E-state index in [9.17, 15) is 0 Å². The molecule has 0 aliphatic carbocycles. The Morgan fingerprint density at radius 1 is 1.33 bits per heavy atom. The first kappa shape index (κ1) is 13.5. The van der Waals surface area contributed by atoms with E-state index in [1.807, 2.05) is 24.3 Å². The highest BCUT2D eigenvalue weighted by atomic mass is 127. The van der Waals surface area contributed by atoms with Gasteiger partial charge in [0, 0.05) is 15.5 Å². The quantitative estimate of drug-likeness (QED) is 0.620. The number of anilines is 2. The van der Waals surface area contributed by atoms with E-state index < -0.39 is 0 Å². The maximum absolute atomic E-state index is 6.12. The summed E-state index contributed by atoms with van der Waals surface area (Å²) in [5.74, 6) is 0. The third-order valence-electron chi connectivity index (χ3n) is 2.22. The number of hydrogen-bond donors (Lipinski definition) is 2. The minimum absolute atomic E-state index is 0.271. The molecule has 0 spiro atoms. The van der Waals surface area contributed by atoms with Crippen LogP contribution in [0.3, 0.4) is 0 Å². The SMILES string of the molecule is NC(=S)c1cc(Nc2cc(I)ccc2Cl)ccn1. The lowest BCUT2D eigenvalue weighted by Gasteiger charge is -2.09. The molecule has 3 N–H and O–H groups in total. The van der Waals surface area contributed by atoms with Gasteiger partial charge in [-0.15, -0.1) is 0 Å². The van der Waals surface area contributed by atoms with E-state index in [1.54, 1.807) is 12.3 Å². The topological polar surface area (TPSA) is 50.9 Å². The van der Waals surface area contributed by atoms with Gasteiger partial charge in [-0.25, -0.2) is 0 Å². The smallest absolute Gasteiger partial charge is 0.122 e. The third-order valence-corrected chi connectivity index (χ3v) is 3.43. The lowest BCUT2D eigenvalue weighted by molar-refractivity contribution is 1.29. The Kier molecular flexibility index (Phi) is 4.36. The van der Waals surface area contributed by atoms with Crippen molar-refractivity contribution in [3.63, 3.8) is 0 Å². The molecule has 0 amide bonds. The van der Waals surface area contributed by atoms with Crippen molar-refractivity contribution in [2.45, 2.75) is 0 Å². The number of nitrogens with one attached hydrogen (secondary N) is 1. The van der Waals surface area contributed by atoms with E-state index in [0.717, 1.165) is 14.9 Å². The molecule has 0 aliphatic rings. The van der Waals surface area contributed by atoms with Gasteiger partial charge in [-0.2, -0.15) is 0 Å². The first-order valence-electron chi connectivity index (χ1n) is 5.04. The summed E-state index contributed by atoms with van der Waals surface area (Å²) in [5.41, 5.74) is 7.81. The maximum atomic E-state index is 6.12. The second-order valence-electron chi connectivity index (χ2n) is 3.54. The Morgan fingerprint density at radius 2 is 2.11 bits per heavy atom. The number of aromatic nitrogens is 1. The normalized spacial score (nSPS) is 10.1. The van der Waals surface area contributed by atoms with E-state index >= 15 is 0 Å². The zero-order valence-corrected chi connectivity index (χ0v) is 12.9. The van der Waals surface area contributed by atoms with Gasteiger partial charge in [0.15, 0.2) is 0 Å². The first-order chi connectivity index (χ1) is 8.56. The van der Waals surface area contributed by atoms with Gasteiger partial charge in [-0.05, 0) is 52.9 Å². The second-order valence-corrected chi connectivity index (χ2v) is 5.64. The van der Waals surface area contributed by atoms with Gasteiger partial charge < -0.3 is 11.1 Å². The zero-order valence-electron chi connectivity index (χ0n) is 9.15. The highest BCUT2D eigenvalue weighted by molar-refractivity contribution is 14.1. The monoisotopic (exact) mass is 389 g/mol. The molecule has 0 atom stereocenters. The highest BCUT2D eigenvalue weighted by Crippen LogP contribution is 2.27. The van der Waals surface area contributed by atoms with E-state index in [0.29, 0.717) is 10.7 Å². The number of thiocarbonyl (C=S) groups is 1. The Labute approximate surface area is 129 Å². The molecule has 0 aliphatic heterocycles. The van der Waals surface area contributed by atoms with Crippen LogP contribution < -0.4 is 11.1 Å². The van der Waals surface area contributed by atoms with Crippen molar-refractivity contribution >= 4 is 62.8 Å². The molecule has 2 aromatic rings. The fourth-order valence-corrected chi connectivity index (χ4v) is 2.16. The van der Waals surface area contributed by atoms with Crippen LogP contribution in [-0.2, 0) is 0 Å². The van der Waals surface area contributed by atoms with Crippen LogP contribution in [0.5, 0.6) is 0 Å². The fourth-order valence-electron chi connectivity index (χ4n) is 1.39. The number of halogens is 2. The fraction of sp³-hybridized carbons (Fsp3) is 0. The zero-order chi connectivity index (χ0) is 13.1. The van der Waals surface area contributed by atoms with Gasteiger partial charge in [0.25, 0.3) is 0 Å². The summed E-state index contributed by atoms with van der Waals surface area (Å²) in [6.07, 6.45) is 1.65. The third kappa shape index (κ3) is 3.30. The molecule has 0 fully saturated rings. The summed E-state index contributed by atoms with van der Waals surface area (Å²) in [4.78, 5) is 4.35. The van der Waals surface area contributed by atoms with Gasteiger partial charge in [-0.1, -0.05) is 23.8 Å². The van der Waals surface area contributed by atoms with Gasteiger partial charge in [0.05, 0.1) is 16.4 Å². The second kappa shape index (κ2) is 5.81. The molecule has 0 bridgehead atoms. The lowest BCUT2D eigenvalue weighted by Crippen LogP contribution is -2.11. The van der Waals surface area contributed by atoms with E-state index in [4.69, 9.17) is 29.6 Å². The van der Waals surface area contributed by atoms with E-state index in [2.05, 4.69) is 32.9 Å². The maximum Gasteiger partial charge on any atom is 0.122 e. The molecule has 0 radical (unpaired) electrons. The lowest BCUT2D eigenvalue weighted by atomic mass is 10.2. The standard InChI is InChI=1S/C12H9ClIN3S/c13-9-2-1-7(14)5-10(9)17-8-3-4-16-11(6-8)12(15)18/h1-6H,(H2,15,18)(H,16,17). The molecule has 1 aromatic heterocycles. The largest absolute Gasteiger partial charge is 0.388 e. The summed E-state index contributed by atoms with van der Waals surface area (Å²) in [6.45, 7) is 0. The number of rotatable bonds is 3. The molecular weight excluding hydrogens is 381 g/mol. The molecule has 1 heterocycles. The van der Waals surface area contributed by atoms with Crippen molar-refractivity contribution in [1.29, 1.82) is 0 Å². The minimum atomic E-state index is 0.271. The van der Waals surface area contributed by atoms with Crippen molar-refractivity contribution in [2.24, 2.45) is 5.73 Å². The number of nitrogens with zero attached hydrogens (tertiary/aromatic N) is 1. The Hall–Kier alpha value is -0.920. The van der Waals surface area contributed by atoms with Gasteiger partial charge >= 0.3 is 0 Å². The van der Waals surface area contributed by atoms with E-state index in [1.165, 1.54) is 0 Å². The molecule has 0 saturated heterocycles. The first-order valence-corrected chi connectivity index (χ1v) is 6.90. The minimum Gasteiger partial charge on any atom is -0.388 e. The summed E-state index contributed by atoms with van der Waals surface area (Å²) in [5, 5.41) is 3.87. The molecule has 3 nitrogen and oxygen atoms in total. The molecular formula is C12H9ClIN3S. The van der Waals surface area contributed by atoms with Crippen LogP contribution in [0.4, 0.5) is 11.4 Å². The average Bonchev–Trinajstić information content (AvgIpc) is 2.34. The average molecular weight is 390 g/mol. The van der Waals surface area contributed by atoms with Crippen LogP contribution >= 0.6 is 46.4 Å².